The van der Waals surface area contributed by atoms with E-state index >= 15 is 0 Å². The summed E-state index contributed by atoms with van der Waals surface area (Å²) in [6.07, 6.45) is 1.94. The fraction of sp³-hybridized carbons (Fsp3) is 1.00. The van der Waals surface area contributed by atoms with Gasteiger partial charge in [0, 0.05) is 19.6 Å². The molecule has 18 heavy (non-hydrogen) atoms. The van der Waals surface area contributed by atoms with Crippen LogP contribution in [0.15, 0.2) is 0 Å². The molecular weight excluding hydrogens is 250 g/mol. The third-order valence-corrected chi connectivity index (χ3v) is 4.79. The summed E-state index contributed by atoms with van der Waals surface area (Å²) in [7, 11) is -3.28. The Morgan fingerprint density at radius 2 is 1.78 bits per heavy atom. The van der Waals surface area contributed by atoms with E-state index in [1.807, 2.05) is 6.92 Å². The van der Waals surface area contributed by atoms with E-state index in [2.05, 4.69) is 23.9 Å². The van der Waals surface area contributed by atoms with Gasteiger partial charge >= 0.3 is 0 Å². The first-order valence-electron chi connectivity index (χ1n) is 6.91. The van der Waals surface area contributed by atoms with Gasteiger partial charge in [-0.05, 0) is 37.8 Å². The highest BCUT2D eigenvalue weighted by Crippen LogP contribution is 2.22. The summed E-state index contributed by atoms with van der Waals surface area (Å²) in [6.45, 7) is 9.85. The van der Waals surface area contributed by atoms with Gasteiger partial charge in [-0.3, -0.25) is 0 Å². The van der Waals surface area contributed by atoms with E-state index < -0.39 is 10.2 Å². The lowest BCUT2D eigenvalue weighted by Crippen LogP contribution is -2.48. The Bertz CT molecular complexity index is 322. The van der Waals surface area contributed by atoms with Crippen LogP contribution in [-0.2, 0) is 10.2 Å². The molecule has 0 amide bonds. The average molecular weight is 277 g/mol. The highest BCUT2D eigenvalue weighted by Gasteiger charge is 2.29. The van der Waals surface area contributed by atoms with Crippen molar-refractivity contribution in [3.05, 3.63) is 0 Å². The third kappa shape index (κ3) is 5.22. The van der Waals surface area contributed by atoms with Crippen molar-refractivity contribution < 1.29 is 8.42 Å². The van der Waals surface area contributed by atoms with Crippen LogP contribution < -0.4 is 10.0 Å². The molecule has 0 saturated carbocycles. The fourth-order valence-corrected chi connectivity index (χ4v) is 3.97. The van der Waals surface area contributed by atoms with Crippen LogP contribution in [0.4, 0.5) is 0 Å². The molecule has 2 N–H and O–H groups in total. The molecule has 108 valence electrons. The van der Waals surface area contributed by atoms with Gasteiger partial charge in [-0.2, -0.15) is 12.7 Å². The van der Waals surface area contributed by atoms with Crippen molar-refractivity contribution in [2.24, 2.45) is 11.8 Å². The van der Waals surface area contributed by atoms with E-state index in [-0.39, 0.29) is 0 Å². The summed E-state index contributed by atoms with van der Waals surface area (Å²) < 4.78 is 28.5. The van der Waals surface area contributed by atoms with E-state index in [0.29, 0.717) is 31.5 Å². The first-order valence-corrected chi connectivity index (χ1v) is 8.35. The molecule has 1 fully saturated rings. The molecule has 2 atom stereocenters. The summed E-state index contributed by atoms with van der Waals surface area (Å²) in [5.74, 6) is 0.902. The summed E-state index contributed by atoms with van der Waals surface area (Å²) in [5.41, 5.74) is 0. The van der Waals surface area contributed by atoms with Gasteiger partial charge in [0.1, 0.15) is 0 Å². The van der Waals surface area contributed by atoms with Gasteiger partial charge in [0.15, 0.2) is 0 Å². The lowest BCUT2D eigenvalue weighted by Gasteiger charge is -2.33. The van der Waals surface area contributed by atoms with E-state index in [1.165, 1.54) is 0 Å². The molecule has 1 saturated heterocycles. The molecular formula is C12H27N3O2S. The predicted molar refractivity (Wildman–Crippen MR) is 74.6 cm³/mol. The first-order chi connectivity index (χ1) is 8.45. The SMILES string of the molecule is CCNCCCNS(=O)(=O)N1CC(C)CC(C)C1. The number of nitrogens with zero attached hydrogens (tertiary/aromatic N) is 1. The molecule has 1 heterocycles. The van der Waals surface area contributed by atoms with Crippen molar-refractivity contribution in [3.63, 3.8) is 0 Å². The van der Waals surface area contributed by atoms with Gasteiger partial charge in [-0.15, -0.1) is 0 Å². The Kier molecular flexibility index (Phi) is 6.55. The Hall–Kier alpha value is -0.170. The summed E-state index contributed by atoms with van der Waals surface area (Å²) >= 11 is 0. The lowest BCUT2D eigenvalue weighted by atomic mass is 9.94. The zero-order valence-corrected chi connectivity index (χ0v) is 12.6. The van der Waals surface area contributed by atoms with E-state index in [9.17, 15) is 8.42 Å². The van der Waals surface area contributed by atoms with Gasteiger partial charge in [-0.25, -0.2) is 4.72 Å². The average Bonchev–Trinajstić information content (AvgIpc) is 2.27. The van der Waals surface area contributed by atoms with E-state index in [4.69, 9.17) is 0 Å². The largest absolute Gasteiger partial charge is 0.317 e. The minimum Gasteiger partial charge on any atom is -0.317 e. The van der Waals surface area contributed by atoms with Gasteiger partial charge in [0.25, 0.3) is 10.2 Å². The quantitative estimate of drug-likeness (QED) is 0.677. The Labute approximate surface area is 112 Å². The third-order valence-electron chi connectivity index (χ3n) is 3.24. The zero-order chi connectivity index (χ0) is 13.6. The second kappa shape index (κ2) is 7.43. The number of hydrogen-bond donors (Lipinski definition) is 2. The van der Waals surface area contributed by atoms with Crippen molar-refractivity contribution in [1.29, 1.82) is 0 Å². The fourth-order valence-electron chi connectivity index (χ4n) is 2.48. The molecule has 1 aliphatic heterocycles. The number of rotatable bonds is 7. The molecule has 0 aliphatic carbocycles. The molecule has 0 radical (unpaired) electrons. The molecule has 2 unspecified atom stereocenters. The van der Waals surface area contributed by atoms with Crippen LogP contribution in [0, 0.1) is 11.8 Å². The van der Waals surface area contributed by atoms with Crippen molar-refractivity contribution in [1.82, 2.24) is 14.3 Å². The second-order valence-electron chi connectivity index (χ2n) is 5.37. The molecule has 0 aromatic rings. The number of piperidine rings is 1. The van der Waals surface area contributed by atoms with Crippen LogP contribution >= 0.6 is 0 Å². The minimum atomic E-state index is -3.28. The topological polar surface area (TPSA) is 61.4 Å². The Balaban J connectivity index is 2.38. The van der Waals surface area contributed by atoms with Crippen molar-refractivity contribution in [3.8, 4) is 0 Å². The molecule has 5 nitrogen and oxygen atoms in total. The highest BCUT2D eigenvalue weighted by molar-refractivity contribution is 7.87. The van der Waals surface area contributed by atoms with E-state index in [0.717, 1.165) is 25.9 Å². The normalized spacial score (nSPS) is 26.4. The molecule has 1 aliphatic rings. The molecule has 0 bridgehead atoms. The van der Waals surface area contributed by atoms with Crippen LogP contribution in [0.5, 0.6) is 0 Å². The van der Waals surface area contributed by atoms with Crippen LogP contribution in [-0.4, -0.2) is 45.4 Å². The van der Waals surface area contributed by atoms with Gasteiger partial charge in [0.05, 0.1) is 0 Å². The standard InChI is InChI=1S/C12H27N3O2S/c1-4-13-6-5-7-14-18(16,17)15-9-11(2)8-12(3)10-15/h11-14H,4-10H2,1-3H3. The maximum atomic E-state index is 12.1. The predicted octanol–water partition coefficient (Wildman–Crippen LogP) is 0.798. The first kappa shape index (κ1) is 15.9. The summed E-state index contributed by atoms with van der Waals surface area (Å²) in [5, 5.41) is 3.18. The zero-order valence-electron chi connectivity index (χ0n) is 11.8. The summed E-state index contributed by atoms with van der Waals surface area (Å²) in [4.78, 5) is 0. The van der Waals surface area contributed by atoms with Gasteiger partial charge < -0.3 is 5.32 Å². The molecule has 0 spiro atoms. The van der Waals surface area contributed by atoms with Crippen LogP contribution in [0.1, 0.15) is 33.6 Å². The maximum absolute atomic E-state index is 12.1. The molecule has 0 aromatic carbocycles. The number of hydrogen-bond acceptors (Lipinski definition) is 3. The van der Waals surface area contributed by atoms with Crippen molar-refractivity contribution >= 4 is 10.2 Å². The lowest BCUT2D eigenvalue weighted by molar-refractivity contribution is 0.220. The van der Waals surface area contributed by atoms with Crippen LogP contribution in [0.3, 0.4) is 0 Å². The highest BCUT2D eigenvalue weighted by atomic mass is 32.2. The monoisotopic (exact) mass is 277 g/mol. The smallest absolute Gasteiger partial charge is 0.279 e. The van der Waals surface area contributed by atoms with Crippen LogP contribution in [0.25, 0.3) is 0 Å². The Morgan fingerprint density at radius 1 is 1.17 bits per heavy atom. The maximum Gasteiger partial charge on any atom is 0.279 e. The van der Waals surface area contributed by atoms with Gasteiger partial charge in [-0.1, -0.05) is 20.8 Å². The van der Waals surface area contributed by atoms with Crippen molar-refractivity contribution in [2.75, 3.05) is 32.7 Å². The number of nitrogens with one attached hydrogen (secondary N) is 2. The molecule has 1 rings (SSSR count). The van der Waals surface area contributed by atoms with Crippen molar-refractivity contribution in [2.45, 2.75) is 33.6 Å². The van der Waals surface area contributed by atoms with E-state index in [1.54, 1.807) is 4.31 Å². The van der Waals surface area contributed by atoms with Gasteiger partial charge in [0.2, 0.25) is 0 Å². The van der Waals surface area contributed by atoms with Crippen LogP contribution in [0.2, 0.25) is 0 Å². The molecule has 6 heteroatoms. The molecule has 0 aromatic heterocycles. The minimum absolute atomic E-state index is 0.451. The second-order valence-corrected chi connectivity index (χ2v) is 7.12. The Morgan fingerprint density at radius 3 is 2.33 bits per heavy atom. The summed E-state index contributed by atoms with van der Waals surface area (Å²) in [6, 6.07) is 0.